The number of hydrogen-bond donors (Lipinski definition) is 2. The molecule has 34 heavy (non-hydrogen) atoms. The van der Waals surface area contributed by atoms with Crippen LogP contribution in [0.5, 0.6) is 5.75 Å². The number of likely N-dealkylation sites (N-methyl/N-ethyl adjacent to an activating group) is 1. The number of hydrogen-bond acceptors (Lipinski definition) is 7. The van der Waals surface area contributed by atoms with Gasteiger partial charge in [-0.2, -0.15) is 0 Å². The van der Waals surface area contributed by atoms with Gasteiger partial charge >= 0.3 is 0 Å². The molecule has 1 unspecified atom stereocenters. The smallest absolute Gasteiger partial charge is 0.293 e. The number of ether oxygens (including phenoxy) is 2. The van der Waals surface area contributed by atoms with Crippen LogP contribution in [0.1, 0.15) is 34.3 Å². The Morgan fingerprint density at radius 3 is 2.79 bits per heavy atom. The number of halogens is 1. The molecule has 0 fully saturated rings. The van der Waals surface area contributed by atoms with E-state index in [0.29, 0.717) is 34.6 Å². The molecular formula is C24H26FN3O6. The van der Waals surface area contributed by atoms with Crippen LogP contribution in [-0.2, 0) is 32.2 Å². The summed E-state index contributed by atoms with van der Waals surface area (Å²) in [5.74, 6) is -0.633. The highest BCUT2D eigenvalue weighted by Crippen LogP contribution is 2.32. The van der Waals surface area contributed by atoms with E-state index in [1.54, 1.807) is 24.3 Å². The minimum absolute atomic E-state index is 0.0824. The maximum atomic E-state index is 14.4. The normalized spacial score (nSPS) is 13.1. The van der Waals surface area contributed by atoms with Crippen molar-refractivity contribution in [3.63, 3.8) is 0 Å². The molecule has 0 radical (unpaired) electrons. The van der Waals surface area contributed by atoms with Crippen LogP contribution in [0.2, 0.25) is 0 Å². The summed E-state index contributed by atoms with van der Waals surface area (Å²) in [5.41, 5.74) is 2.15. The monoisotopic (exact) mass is 471 g/mol. The van der Waals surface area contributed by atoms with Gasteiger partial charge in [-0.25, -0.2) is 4.39 Å². The summed E-state index contributed by atoms with van der Waals surface area (Å²) >= 11 is 0. The summed E-state index contributed by atoms with van der Waals surface area (Å²) < 4.78 is 24.4. The van der Waals surface area contributed by atoms with E-state index < -0.39 is 11.9 Å². The van der Waals surface area contributed by atoms with E-state index in [-0.39, 0.29) is 51.0 Å². The molecule has 0 spiro atoms. The summed E-state index contributed by atoms with van der Waals surface area (Å²) in [7, 11) is 1.48. The van der Waals surface area contributed by atoms with Crippen molar-refractivity contribution in [1.82, 2.24) is 10.2 Å². The molecule has 10 heteroatoms. The Labute approximate surface area is 196 Å². The Bertz CT molecular complexity index is 1060. The first-order chi connectivity index (χ1) is 16.5. The molecule has 9 nitrogen and oxygen atoms in total. The molecule has 0 saturated heterocycles. The summed E-state index contributed by atoms with van der Waals surface area (Å²) in [6.07, 6.45) is 1.10. The average molecular weight is 471 g/mol. The third kappa shape index (κ3) is 5.69. The van der Waals surface area contributed by atoms with Crippen molar-refractivity contribution in [2.24, 2.45) is 0 Å². The maximum absolute atomic E-state index is 14.4. The van der Waals surface area contributed by atoms with Crippen molar-refractivity contribution in [3.05, 3.63) is 58.9 Å². The number of fused-ring (bicyclic) bond motifs is 1. The zero-order valence-electron chi connectivity index (χ0n) is 18.7. The molecule has 1 aliphatic rings. The van der Waals surface area contributed by atoms with Crippen molar-refractivity contribution in [1.29, 1.82) is 0 Å². The van der Waals surface area contributed by atoms with E-state index in [0.717, 1.165) is 6.29 Å². The summed E-state index contributed by atoms with van der Waals surface area (Å²) in [5, 5.41) is 5.72. The van der Waals surface area contributed by atoms with Crippen molar-refractivity contribution in [2.45, 2.75) is 32.0 Å². The fourth-order valence-corrected chi connectivity index (χ4v) is 3.82. The lowest BCUT2D eigenvalue weighted by Crippen LogP contribution is -2.46. The van der Waals surface area contributed by atoms with Gasteiger partial charge in [-0.1, -0.05) is 6.07 Å². The van der Waals surface area contributed by atoms with E-state index in [2.05, 4.69) is 15.4 Å². The van der Waals surface area contributed by atoms with Crippen LogP contribution >= 0.6 is 0 Å². The lowest BCUT2D eigenvalue weighted by Gasteiger charge is -2.25. The Balaban J connectivity index is 1.74. The first-order valence-electron chi connectivity index (χ1n) is 10.8. The van der Waals surface area contributed by atoms with Crippen LogP contribution in [0.3, 0.4) is 0 Å². The summed E-state index contributed by atoms with van der Waals surface area (Å²) in [4.78, 5) is 47.9. The molecule has 0 aromatic heterocycles. The number of anilines is 1. The van der Waals surface area contributed by atoms with Gasteiger partial charge in [0, 0.05) is 48.9 Å². The second kappa shape index (κ2) is 11.8. The zero-order chi connectivity index (χ0) is 24.5. The van der Waals surface area contributed by atoms with Crippen LogP contribution in [-0.4, -0.2) is 55.8 Å². The molecule has 0 aliphatic carbocycles. The third-order valence-corrected chi connectivity index (χ3v) is 5.50. The van der Waals surface area contributed by atoms with E-state index in [1.165, 1.54) is 24.1 Å². The standard InChI is InChI=1S/C24H26FN3O6/c1-26-23(31)22(6-3-9-29)28-14-19-18(24(28)32)4-2-5-21(19)27-13-16-12-17(7-8-20(16)25)34-11-10-33-15-30/h2,4-5,7-9,12,15,22,27H,3,6,10-11,13-14H2,1H3,(H,26,31). The Kier molecular flexibility index (Phi) is 8.55. The van der Waals surface area contributed by atoms with Gasteiger partial charge in [-0.05, 0) is 36.8 Å². The summed E-state index contributed by atoms with van der Waals surface area (Å²) in [6.45, 7) is 0.864. The first kappa shape index (κ1) is 24.7. The Morgan fingerprint density at radius 2 is 2.06 bits per heavy atom. The number of nitrogens with zero attached hydrogens (tertiary/aromatic N) is 1. The molecular weight excluding hydrogens is 445 g/mol. The van der Waals surface area contributed by atoms with Gasteiger partial charge in [0.05, 0.1) is 0 Å². The second-order valence-corrected chi connectivity index (χ2v) is 7.56. The van der Waals surface area contributed by atoms with Crippen molar-refractivity contribution < 1.29 is 33.0 Å². The SMILES string of the molecule is CNC(=O)C(CCC=O)N1Cc2c(NCc3cc(OCCOC=O)ccc3F)cccc2C1=O. The van der Waals surface area contributed by atoms with Gasteiger partial charge < -0.3 is 29.8 Å². The molecule has 2 N–H and O–H groups in total. The summed E-state index contributed by atoms with van der Waals surface area (Å²) in [6, 6.07) is 8.72. The zero-order valence-corrected chi connectivity index (χ0v) is 18.7. The van der Waals surface area contributed by atoms with E-state index in [9.17, 15) is 23.6 Å². The largest absolute Gasteiger partial charge is 0.490 e. The highest BCUT2D eigenvalue weighted by atomic mass is 19.1. The number of benzene rings is 2. The number of amides is 2. The average Bonchev–Trinajstić information content (AvgIpc) is 3.18. The lowest BCUT2D eigenvalue weighted by atomic mass is 10.1. The number of aldehydes is 1. The van der Waals surface area contributed by atoms with Gasteiger partial charge in [0.2, 0.25) is 5.91 Å². The van der Waals surface area contributed by atoms with Crippen molar-refractivity contribution in [3.8, 4) is 5.75 Å². The number of carbonyl (C=O) groups is 4. The number of carbonyl (C=O) groups excluding carboxylic acids is 4. The fraction of sp³-hybridized carbons (Fsp3) is 0.333. The molecule has 3 rings (SSSR count). The number of rotatable bonds is 13. The molecule has 0 saturated carbocycles. The molecule has 1 heterocycles. The van der Waals surface area contributed by atoms with Crippen molar-refractivity contribution in [2.75, 3.05) is 25.6 Å². The molecule has 2 amide bonds. The Morgan fingerprint density at radius 1 is 1.24 bits per heavy atom. The molecule has 180 valence electrons. The van der Waals surface area contributed by atoms with Gasteiger partial charge in [-0.3, -0.25) is 14.4 Å². The lowest BCUT2D eigenvalue weighted by molar-refractivity contribution is -0.129. The molecule has 0 bridgehead atoms. The first-order valence-corrected chi connectivity index (χ1v) is 10.8. The topological polar surface area (TPSA) is 114 Å². The van der Waals surface area contributed by atoms with Crippen molar-refractivity contribution >= 4 is 30.3 Å². The highest BCUT2D eigenvalue weighted by molar-refractivity contribution is 6.02. The van der Waals surface area contributed by atoms with Crippen LogP contribution in [0, 0.1) is 5.82 Å². The highest BCUT2D eigenvalue weighted by Gasteiger charge is 2.36. The maximum Gasteiger partial charge on any atom is 0.293 e. The predicted octanol–water partition coefficient (Wildman–Crippen LogP) is 2.04. The Hall–Kier alpha value is -3.95. The minimum atomic E-state index is -0.766. The predicted molar refractivity (Wildman–Crippen MR) is 121 cm³/mol. The molecule has 2 aromatic carbocycles. The quantitative estimate of drug-likeness (QED) is 0.339. The second-order valence-electron chi connectivity index (χ2n) is 7.56. The third-order valence-electron chi connectivity index (χ3n) is 5.50. The van der Waals surface area contributed by atoms with Gasteiger partial charge in [0.25, 0.3) is 12.4 Å². The fourth-order valence-electron chi connectivity index (χ4n) is 3.82. The number of nitrogens with one attached hydrogen (secondary N) is 2. The van der Waals surface area contributed by atoms with Gasteiger partial charge in [-0.15, -0.1) is 0 Å². The van der Waals surface area contributed by atoms with Gasteiger partial charge in [0.15, 0.2) is 0 Å². The molecule has 1 atom stereocenters. The minimum Gasteiger partial charge on any atom is -0.490 e. The van der Waals surface area contributed by atoms with Crippen LogP contribution < -0.4 is 15.4 Å². The van der Waals surface area contributed by atoms with Crippen LogP contribution in [0.25, 0.3) is 0 Å². The van der Waals surface area contributed by atoms with E-state index >= 15 is 0 Å². The van der Waals surface area contributed by atoms with E-state index in [4.69, 9.17) is 4.74 Å². The molecule has 2 aromatic rings. The van der Waals surface area contributed by atoms with Gasteiger partial charge in [0.1, 0.15) is 37.1 Å². The van der Waals surface area contributed by atoms with E-state index in [1.807, 2.05) is 0 Å². The van der Waals surface area contributed by atoms with Crippen LogP contribution in [0.15, 0.2) is 36.4 Å². The molecule has 1 aliphatic heterocycles. The van der Waals surface area contributed by atoms with Crippen LogP contribution in [0.4, 0.5) is 10.1 Å².